The molecule has 268 valence electrons. The Hall–Kier alpha value is -6.70. The summed E-state index contributed by atoms with van der Waals surface area (Å²) in [5, 5.41) is 19.3. The van der Waals surface area contributed by atoms with Crippen LogP contribution in [0, 0.1) is 0 Å². The van der Waals surface area contributed by atoms with Crippen LogP contribution in [0.5, 0.6) is 5.75 Å². The van der Waals surface area contributed by atoms with Crippen LogP contribution in [0.2, 0.25) is 0 Å². The Balaban J connectivity index is 0.000000730. The first kappa shape index (κ1) is 36.6. The second kappa shape index (κ2) is 17.0. The van der Waals surface area contributed by atoms with Gasteiger partial charge in [0.05, 0.1) is 0 Å². The number of hydrogen-bond acceptors (Lipinski definition) is 1. The fraction of sp³-hybridized carbons (Fsp3) is 0.0741. The molecule has 55 heavy (non-hydrogen) atoms. The highest BCUT2D eigenvalue weighted by Crippen LogP contribution is 2.43. The number of para-hydroxylation sites is 1. The lowest BCUT2D eigenvalue weighted by molar-refractivity contribution is 0.479. The molecule has 9 aromatic rings. The highest BCUT2D eigenvalue weighted by molar-refractivity contribution is 6.25. The van der Waals surface area contributed by atoms with Crippen LogP contribution in [0.1, 0.15) is 27.7 Å². The fourth-order valence-electron chi connectivity index (χ4n) is 7.34. The molecule has 0 fully saturated rings. The fourth-order valence-corrected chi connectivity index (χ4v) is 7.34. The molecule has 0 atom stereocenters. The first-order valence-corrected chi connectivity index (χ1v) is 19.2. The molecular weight excluding hydrogens is 665 g/mol. The molecule has 0 spiro atoms. The van der Waals surface area contributed by atoms with Crippen LogP contribution in [0.4, 0.5) is 0 Å². The SMILES string of the molecule is C/C=C\C.CC.Oc1c(-c2cccc(-c3cc(-c4ccccc4)cc(-c4ccccc4)c3)c2)cccc1-c1ccc2c3ccccc3c3ccccc3c2c1. The van der Waals surface area contributed by atoms with Crippen LogP contribution >= 0.6 is 0 Å². The van der Waals surface area contributed by atoms with Gasteiger partial charge in [-0.2, -0.15) is 0 Å². The van der Waals surface area contributed by atoms with Crippen molar-refractivity contribution in [2.45, 2.75) is 27.7 Å². The zero-order valence-electron chi connectivity index (χ0n) is 32.0. The largest absolute Gasteiger partial charge is 0.507 e. The van der Waals surface area contributed by atoms with Crippen molar-refractivity contribution in [3.05, 3.63) is 200 Å². The van der Waals surface area contributed by atoms with E-state index in [9.17, 15) is 5.11 Å². The molecule has 1 N–H and O–H groups in total. The second-order valence-corrected chi connectivity index (χ2v) is 13.3. The average Bonchev–Trinajstić information content (AvgIpc) is 3.27. The maximum Gasteiger partial charge on any atom is 0.131 e. The smallest absolute Gasteiger partial charge is 0.131 e. The number of hydrogen-bond donors (Lipinski definition) is 1. The lowest BCUT2D eigenvalue weighted by Crippen LogP contribution is -1.88. The molecule has 9 rings (SSSR count). The lowest BCUT2D eigenvalue weighted by Gasteiger charge is -2.15. The summed E-state index contributed by atoms with van der Waals surface area (Å²) in [5.74, 6) is 0.284. The second-order valence-electron chi connectivity index (χ2n) is 13.3. The van der Waals surface area contributed by atoms with Crippen LogP contribution in [-0.4, -0.2) is 5.11 Å². The molecule has 0 amide bonds. The average molecular weight is 711 g/mol. The summed E-state index contributed by atoms with van der Waals surface area (Å²) in [6.45, 7) is 8.00. The molecule has 0 aliphatic rings. The summed E-state index contributed by atoms with van der Waals surface area (Å²) in [4.78, 5) is 0. The molecule has 0 unspecified atom stereocenters. The minimum absolute atomic E-state index is 0.284. The molecule has 0 radical (unpaired) electrons. The maximum absolute atomic E-state index is 11.9. The Labute approximate surface area is 325 Å². The number of aromatic hydroxyl groups is 1. The Bertz CT molecular complexity index is 2640. The zero-order valence-corrected chi connectivity index (χ0v) is 32.0. The van der Waals surface area contributed by atoms with Gasteiger partial charge in [-0.15, -0.1) is 0 Å². The van der Waals surface area contributed by atoms with Gasteiger partial charge in [0.25, 0.3) is 0 Å². The van der Waals surface area contributed by atoms with E-state index >= 15 is 0 Å². The Morgan fingerprint density at radius 2 is 0.636 bits per heavy atom. The molecule has 9 aromatic carbocycles. The van der Waals surface area contributed by atoms with E-state index in [2.05, 4.69) is 170 Å². The molecule has 1 heteroatoms. The van der Waals surface area contributed by atoms with Gasteiger partial charge in [-0.3, -0.25) is 0 Å². The molecule has 0 aromatic heterocycles. The van der Waals surface area contributed by atoms with Gasteiger partial charge in [-0.25, -0.2) is 0 Å². The quantitative estimate of drug-likeness (QED) is 0.139. The summed E-state index contributed by atoms with van der Waals surface area (Å²) in [6, 6.07) is 66.3. The minimum atomic E-state index is 0.284. The van der Waals surface area contributed by atoms with E-state index in [1.165, 1.54) is 54.6 Å². The molecule has 0 aliphatic carbocycles. The number of rotatable bonds is 5. The van der Waals surface area contributed by atoms with Crippen LogP contribution in [0.15, 0.2) is 200 Å². The number of fused-ring (bicyclic) bond motifs is 6. The van der Waals surface area contributed by atoms with Crippen molar-refractivity contribution in [3.8, 4) is 61.4 Å². The monoisotopic (exact) mass is 710 g/mol. The standard InChI is InChI=1S/C48H32O.C4H8.C2H6/c49-48-40(23-12-24-41(48)36-25-26-46-44-21-8-7-19-42(44)43-20-9-10-22-45(43)47(46)31-36)35-18-11-17-34(27-35)39-29-37(32-13-3-1-4-14-32)28-38(30-39)33-15-5-2-6-16-33;1-3-4-2;1-2/h1-31,49H;3-4H,1-2H3;1-2H3/b;4-3-;. The first-order chi connectivity index (χ1) is 27.1. The van der Waals surface area contributed by atoms with Gasteiger partial charge in [0.2, 0.25) is 0 Å². The van der Waals surface area contributed by atoms with Crippen molar-refractivity contribution in [1.29, 1.82) is 0 Å². The van der Waals surface area contributed by atoms with Crippen molar-refractivity contribution < 1.29 is 5.11 Å². The van der Waals surface area contributed by atoms with E-state index in [-0.39, 0.29) is 5.75 Å². The van der Waals surface area contributed by atoms with E-state index in [0.29, 0.717) is 0 Å². The molecule has 0 saturated carbocycles. The Kier molecular flexibility index (Phi) is 11.3. The van der Waals surface area contributed by atoms with Crippen molar-refractivity contribution in [3.63, 3.8) is 0 Å². The van der Waals surface area contributed by atoms with Crippen LogP contribution in [-0.2, 0) is 0 Å². The van der Waals surface area contributed by atoms with E-state index in [1.807, 2.05) is 58.0 Å². The van der Waals surface area contributed by atoms with E-state index in [0.717, 1.165) is 33.4 Å². The van der Waals surface area contributed by atoms with Crippen molar-refractivity contribution in [2.75, 3.05) is 0 Å². The predicted molar refractivity (Wildman–Crippen MR) is 240 cm³/mol. The summed E-state index contributed by atoms with van der Waals surface area (Å²) in [6.07, 6.45) is 4.00. The number of allylic oxidation sites excluding steroid dienone is 2. The topological polar surface area (TPSA) is 20.2 Å². The van der Waals surface area contributed by atoms with Crippen molar-refractivity contribution >= 4 is 32.3 Å². The number of phenolic OH excluding ortho intramolecular Hbond substituents is 1. The first-order valence-electron chi connectivity index (χ1n) is 19.2. The van der Waals surface area contributed by atoms with Gasteiger partial charge in [-0.1, -0.05) is 184 Å². The van der Waals surface area contributed by atoms with Crippen molar-refractivity contribution in [1.82, 2.24) is 0 Å². The minimum Gasteiger partial charge on any atom is -0.507 e. The van der Waals surface area contributed by atoms with Gasteiger partial charge in [0, 0.05) is 11.1 Å². The summed E-state index contributed by atoms with van der Waals surface area (Å²) < 4.78 is 0. The molecule has 0 aliphatic heterocycles. The third-order valence-corrected chi connectivity index (χ3v) is 10.1. The summed E-state index contributed by atoms with van der Waals surface area (Å²) >= 11 is 0. The Morgan fingerprint density at radius 3 is 1.13 bits per heavy atom. The predicted octanol–water partition coefficient (Wildman–Crippen LogP) is 15.8. The van der Waals surface area contributed by atoms with E-state index in [1.54, 1.807) is 0 Å². The van der Waals surface area contributed by atoms with Gasteiger partial charge < -0.3 is 5.11 Å². The third kappa shape index (κ3) is 7.56. The van der Waals surface area contributed by atoms with E-state index in [4.69, 9.17) is 0 Å². The molecule has 1 nitrogen and oxygen atoms in total. The Morgan fingerprint density at radius 1 is 0.291 bits per heavy atom. The molecule has 0 heterocycles. The number of benzene rings is 9. The molecule has 0 saturated heterocycles. The van der Waals surface area contributed by atoms with Crippen LogP contribution in [0.3, 0.4) is 0 Å². The normalized spacial score (nSPS) is 10.9. The van der Waals surface area contributed by atoms with Gasteiger partial charge in [0.1, 0.15) is 5.75 Å². The molecule has 0 bridgehead atoms. The van der Waals surface area contributed by atoms with Crippen LogP contribution < -0.4 is 0 Å². The van der Waals surface area contributed by atoms with Gasteiger partial charge in [-0.05, 0) is 121 Å². The van der Waals surface area contributed by atoms with Gasteiger partial charge in [0.15, 0.2) is 0 Å². The summed E-state index contributed by atoms with van der Waals surface area (Å²) in [7, 11) is 0. The maximum atomic E-state index is 11.9. The number of phenols is 1. The molecular formula is C54H46O. The van der Waals surface area contributed by atoms with Gasteiger partial charge >= 0.3 is 0 Å². The highest BCUT2D eigenvalue weighted by Gasteiger charge is 2.15. The summed E-state index contributed by atoms with van der Waals surface area (Å²) in [5.41, 5.74) is 10.5. The highest BCUT2D eigenvalue weighted by atomic mass is 16.3. The van der Waals surface area contributed by atoms with E-state index < -0.39 is 0 Å². The lowest BCUT2D eigenvalue weighted by atomic mass is 9.90. The van der Waals surface area contributed by atoms with Crippen LogP contribution in [0.25, 0.3) is 88.0 Å². The third-order valence-electron chi connectivity index (χ3n) is 10.1. The zero-order chi connectivity index (χ0) is 38.1. The van der Waals surface area contributed by atoms with Crippen molar-refractivity contribution in [2.24, 2.45) is 0 Å².